The lowest BCUT2D eigenvalue weighted by Gasteiger charge is -2.33. The molecular weight excluding hydrogens is 561 g/mol. The Bertz CT molecular complexity index is 1410. The number of halogens is 2. The Kier molecular flexibility index (Phi) is 11.1. The highest BCUT2D eigenvalue weighted by Gasteiger charge is 2.29. The number of hydrogen-bond donors (Lipinski definition) is 2. The maximum absolute atomic E-state index is 10.2. The number of nitrogens with one attached hydrogen (secondary N) is 1. The largest absolute Gasteiger partial charge is 0.491 e. The molecule has 2 unspecified atom stereocenters. The van der Waals surface area contributed by atoms with Crippen LogP contribution in [0.15, 0.2) is 66.7 Å². The van der Waals surface area contributed by atoms with Gasteiger partial charge in [0.05, 0.1) is 6.04 Å². The van der Waals surface area contributed by atoms with Gasteiger partial charge in [0, 0.05) is 39.7 Å². The van der Waals surface area contributed by atoms with Crippen molar-refractivity contribution in [2.45, 2.75) is 32.4 Å². The number of likely N-dealkylation sites (N-methyl/N-ethyl adjacent to an activating group) is 2. The molecule has 0 spiro atoms. The van der Waals surface area contributed by atoms with E-state index < -0.39 is 6.10 Å². The molecule has 0 amide bonds. The van der Waals surface area contributed by atoms with Crippen LogP contribution in [0.25, 0.3) is 10.9 Å². The fourth-order valence-corrected chi connectivity index (χ4v) is 5.44. The first-order chi connectivity index (χ1) is 19.8. The van der Waals surface area contributed by atoms with Crippen LogP contribution in [0.2, 0.25) is 10.0 Å². The number of aromatic amines is 1. The first-order valence-corrected chi connectivity index (χ1v) is 14.6. The van der Waals surface area contributed by atoms with Gasteiger partial charge in [-0.2, -0.15) is 0 Å². The summed E-state index contributed by atoms with van der Waals surface area (Å²) in [4.78, 5) is 18.0. The summed E-state index contributed by atoms with van der Waals surface area (Å²) in [7, 11) is 2.17. The van der Waals surface area contributed by atoms with Crippen molar-refractivity contribution in [3.05, 3.63) is 93.6 Å². The summed E-state index contributed by atoms with van der Waals surface area (Å²) >= 11 is 11.8. The maximum atomic E-state index is 10.2. The van der Waals surface area contributed by atoms with Gasteiger partial charge in [0.15, 0.2) is 0 Å². The SMILES string of the molecule is CCN(CC)CC(O)COc1ccc(C2c3[nH]c4ccc(Cl)cc4c3CCN2C)cc1.O=COc1ccc(Cl)cc1. The van der Waals surface area contributed by atoms with Crippen LogP contribution in [-0.2, 0) is 11.2 Å². The molecule has 2 heterocycles. The minimum atomic E-state index is -0.496. The van der Waals surface area contributed by atoms with Crippen LogP contribution in [-0.4, -0.2) is 72.3 Å². The number of rotatable bonds is 10. The van der Waals surface area contributed by atoms with Crippen LogP contribution in [0.4, 0.5) is 0 Å². The van der Waals surface area contributed by atoms with E-state index in [4.69, 9.17) is 27.9 Å². The number of benzene rings is 3. The first kappa shape index (κ1) is 30.9. The predicted molar refractivity (Wildman–Crippen MR) is 165 cm³/mol. The number of ether oxygens (including phenoxy) is 2. The Morgan fingerprint density at radius 1 is 1.02 bits per heavy atom. The molecule has 7 nitrogen and oxygen atoms in total. The smallest absolute Gasteiger partial charge is 0.298 e. The Labute approximate surface area is 251 Å². The van der Waals surface area contributed by atoms with Gasteiger partial charge < -0.3 is 24.5 Å². The minimum absolute atomic E-state index is 0.164. The second-order valence-electron chi connectivity index (χ2n) is 10.0. The van der Waals surface area contributed by atoms with Crippen LogP contribution in [0.5, 0.6) is 11.5 Å². The molecular formula is C32H37Cl2N3O4. The molecule has 4 aromatic rings. The van der Waals surface area contributed by atoms with E-state index in [1.807, 2.05) is 18.2 Å². The lowest BCUT2D eigenvalue weighted by Crippen LogP contribution is -2.35. The van der Waals surface area contributed by atoms with E-state index in [2.05, 4.69) is 64.7 Å². The second kappa shape index (κ2) is 14.7. The second-order valence-corrected chi connectivity index (χ2v) is 10.9. The van der Waals surface area contributed by atoms with Gasteiger partial charge in [-0.15, -0.1) is 0 Å². The molecule has 0 radical (unpaired) electrons. The average Bonchev–Trinajstić information content (AvgIpc) is 3.34. The highest BCUT2D eigenvalue weighted by Crippen LogP contribution is 2.38. The lowest BCUT2D eigenvalue weighted by atomic mass is 9.93. The van der Waals surface area contributed by atoms with Gasteiger partial charge in [-0.05, 0) is 92.3 Å². The Balaban J connectivity index is 0.000000328. The summed E-state index contributed by atoms with van der Waals surface area (Å²) in [5.41, 5.74) is 4.96. The molecule has 0 saturated carbocycles. The quantitative estimate of drug-likeness (QED) is 0.207. The molecule has 9 heteroatoms. The van der Waals surface area contributed by atoms with E-state index in [0.717, 1.165) is 42.3 Å². The molecule has 5 rings (SSSR count). The third-order valence-corrected chi connectivity index (χ3v) is 7.82. The van der Waals surface area contributed by atoms with Gasteiger partial charge in [0.25, 0.3) is 6.47 Å². The van der Waals surface area contributed by atoms with Crippen LogP contribution in [0, 0.1) is 0 Å². The highest BCUT2D eigenvalue weighted by atomic mass is 35.5. The van der Waals surface area contributed by atoms with E-state index in [1.54, 1.807) is 24.3 Å². The van der Waals surface area contributed by atoms with Crippen molar-refractivity contribution in [3.63, 3.8) is 0 Å². The number of carbonyl (C=O) groups is 1. The van der Waals surface area contributed by atoms with Crippen molar-refractivity contribution < 1.29 is 19.4 Å². The number of H-pyrrole nitrogens is 1. The normalized spacial score (nSPS) is 15.6. The van der Waals surface area contributed by atoms with E-state index in [0.29, 0.717) is 30.4 Å². The topological polar surface area (TPSA) is 78.0 Å². The van der Waals surface area contributed by atoms with Crippen molar-refractivity contribution in [2.24, 2.45) is 0 Å². The average molecular weight is 599 g/mol. The summed E-state index contributed by atoms with van der Waals surface area (Å²) < 4.78 is 10.4. The standard InChI is InChI=1S/C25H32ClN3O2.C7H5ClO2/c1-4-29(5-2)15-19(30)16-31-20-9-6-17(7-10-20)25-24-21(12-13-28(25)3)22-14-18(26)8-11-23(22)27-24;8-6-1-3-7(4-2-6)10-5-9/h6-11,14,19,25,27,30H,4-5,12-13,15-16H2,1-3H3;1-5H. The van der Waals surface area contributed by atoms with Crippen LogP contribution in [0.3, 0.4) is 0 Å². The van der Waals surface area contributed by atoms with Crippen LogP contribution in [0.1, 0.15) is 36.7 Å². The Morgan fingerprint density at radius 3 is 2.34 bits per heavy atom. The van der Waals surface area contributed by atoms with Crippen molar-refractivity contribution in [1.82, 2.24) is 14.8 Å². The zero-order valence-corrected chi connectivity index (χ0v) is 25.2. The number of nitrogens with zero attached hydrogens (tertiary/aromatic N) is 2. The lowest BCUT2D eigenvalue weighted by molar-refractivity contribution is -0.120. The molecule has 1 aliphatic rings. The molecule has 218 valence electrons. The molecule has 2 atom stereocenters. The van der Waals surface area contributed by atoms with E-state index in [1.165, 1.54) is 22.2 Å². The van der Waals surface area contributed by atoms with E-state index >= 15 is 0 Å². The summed E-state index contributed by atoms with van der Waals surface area (Å²) in [6.45, 7) is 8.36. The number of fused-ring (bicyclic) bond motifs is 3. The Morgan fingerprint density at radius 2 is 1.68 bits per heavy atom. The van der Waals surface area contributed by atoms with Gasteiger partial charge in [-0.25, -0.2) is 0 Å². The van der Waals surface area contributed by atoms with Crippen molar-refractivity contribution in [1.29, 1.82) is 0 Å². The molecule has 0 aliphatic carbocycles. The monoisotopic (exact) mass is 597 g/mol. The van der Waals surface area contributed by atoms with Gasteiger partial charge in [-0.3, -0.25) is 9.69 Å². The molecule has 0 fully saturated rings. The third kappa shape index (κ3) is 8.03. The fourth-order valence-electron chi connectivity index (χ4n) is 5.14. The van der Waals surface area contributed by atoms with E-state index in [-0.39, 0.29) is 6.04 Å². The van der Waals surface area contributed by atoms with Crippen LogP contribution < -0.4 is 9.47 Å². The zero-order chi connectivity index (χ0) is 29.4. The number of hydrogen-bond acceptors (Lipinski definition) is 6. The van der Waals surface area contributed by atoms with Crippen LogP contribution >= 0.6 is 23.2 Å². The van der Waals surface area contributed by atoms with Gasteiger partial charge >= 0.3 is 0 Å². The van der Waals surface area contributed by atoms with Gasteiger partial charge in [0.1, 0.15) is 24.2 Å². The van der Waals surface area contributed by atoms with Crippen molar-refractivity contribution in [2.75, 3.05) is 39.8 Å². The summed E-state index contributed by atoms with van der Waals surface area (Å²) in [6, 6.07) is 21.0. The summed E-state index contributed by atoms with van der Waals surface area (Å²) in [5.74, 6) is 1.28. The number of aliphatic hydroxyl groups is 1. The highest BCUT2D eigenvalue weighted by molar-refractivity contribution is 6.31. The molecule has 0 bridgehead atoms. The molecule has 2 N–H and O–H groups in total. The molecule has 41 heavy (non-hydrogen) atoms. The number of aromatic nitrogens is 1. The molecule has 1 aromatic heterocycles. The van der Waals surface area contributed by atoms with Crippen molar-refractivity contribution in [3.8, 4) is 11.5 Å². The van der Waals surface area contributed by atoms with Crippen molar-refractivity contribution >= 4 is 40.6 Å². The first-order valence-electron chi connectivity index (χ1n) is 13.8. The Hall–Kier alpha value is -3.07. The molecule has 0 saturated heterocycles. The fraction of sp³-hybridized carbons (Fsp3) is 0.344. The number of carbonyl (C=O) groups excluding carboxylic acids is 1. The summed E-state index contributed by atoms with van der Waals surface area (Å²) in [6.07, 6.45) is 0.513. The molecule has 1 aliphatic heterocycles. The summed E-state index contributed by atoms with van der Waals surface area (Å²) in [5, 5.41) is 12.9. The minimum Gasteiger partial charge on any atom is -0.491 e. The maximum Gasteiger partial charge on any atom is 0.298 e. The number of aliphatic hydroxyl groups excluding tert-OH is 1. The third-order valence-electron chi connectivity index (χ3n) is 7.33. The predicted octanol–water partition coefficient (Wildman–Crippen LogP) is 6.36. The zero-order valence-electron chi connectivity index (χ0n) is 23.6. The van der Waals surface area contributed by atoms with E-state index in [9.17, 15) is 9.90 Å². The van der Waals surface area contributed by atoms with Gasteiger partial charge in [-0.1, -0.05) is 49.2 Å². The molecule has 3 aromatic carbocycles. The van der Waals surface area contributed by atoms with Gasteiger partial charge in [0.2, 0.25) is 0 Å².